The molecule has 3 nitrogen and oxygen atoms in total. The Hall–Kier alpha value is 1.30. The summed E-state index contributed by atoms with van der Waals surface area (Å²) in [4.78, 5) is 10.5. The molecule has 0 aliphatic rings. The van der Waals surface area contributed by atoms with Gasteiger partial charge < -0.3 is 6.15 Å². The number of carbonyl (C=O) groups is 1. The van der Waals surface area contributed by atoms with Crippen molar-refractivity contribution in [3.8, 4) is 0 Å². The van der Waals surface area contributed by atoms with Crippen LogP contribution in [-0.2, 0) is 57.0 Å². The molecule has 3 N–H and O–H groups in total. The van der Waals surface area contributed by atoms with E-state index in [1.807, 2.05) is 0 Å². The second-order valence-electron chi connectivity index (χ2n) is 1.56. The Kier molecular flexibility index (Phi) is 13.4. The Labute approximate surface area is 81.0 Å². The van der Waals surface area contributed by atoms with E-state index < -0.39 is 49.6 Å². The summed E-state index contributed by atoms with van der Waals surface area (Å²) in [7, 11) is 0. The van der Waals surface area contributed by atoms with Gasteiger partial charge in [0.2, 0.25) is 0 Å². The van der Waals surface area contributed by atoms with Gasteiger partial charge in [0.15, 0.2) is 0 Å². The van der Waals surface area contributed by atoms with Gasteiger partial charge in [-0.25, -0.2) is 0 Å². The molecule has 0 fully saturated rings. The molecule has 48 valence electrons. The van der Waals surface area contributed by atoms with Gasteiger partial charge in [-0.05, 0) is 0 Å². The van der Waals surface area contributed by atoms with Gasteiger partial charge in [0.25, 0.3) is 0 Å². The molecule has 0 saturated carbocycles. The average molecular weight is 506 g/mol. The third-order valence-corrected chi connectivity index (χ3v) is 6.66. The summed E-state index contributed by atoms with van der Waals surface area (Å²) in [6, 6.07) is 0. The van der Waals surface area contributed by atoms with Crippen molar-refractivity contribution in [1.82, 2.24) is 6.15 Å². The minimum absolute atomic E-state index is 0. The van der Waals surface area contributed by atoms with E-state index in [-0.39, 0.29) is 12.1 Å². The molecule has 9 heavy (non-hydrogen) atoms. The second kappa shape index (κ2) is 9.30. The van der Waals surface area contributed by atoms with Crippen LogP contribution in [0.25, 0.3) is 0 Å². The second-order valence-corrected chi connectivity index (χ2v) is 10.8. The molecule has 0 aromatic heterocycles. The third kappa shape index (κ3) is 9.30. The van der Waals surface area contributed by atoms with E-state index in [4.69, 9.17) is 2.64 Å². The van der Waals surface area contributed by atoms with Crippen LogP contribution in [0, 0.1) is 0 Å². The fourth-order valence-corrected chi connectivity index (χ4v) is 8.76. The summed E-state index contributed by atoms with van der Waals surface area (Å²) in [5, 5.41) is 0. The molecular weight excluding hydrogens is 495 g/mol. The summed E-state index contributed by atoms with van der Waals surface area (Å²) >= 11 is -1.76. The van der Waals surface area contributed by atoms with Gasteiger partial charge in [-0.2, -0.15) is 0 Å². The summed E-state index contributed by atoms with van der Waals surface area (Å²) in [5.41, 5.74) is 0. The van der Waals surface area contributed by atoms with Crippen LogP contribution in [0.1, 0.15) is 0 Å². The average Bonchev–Trinajstić information content (AvgIpc) is 1.68. The van der Waals surface area contributed by atoms with Gasteiger partial charge in [0, 0.05) is 0 Å². The van der Waals surface area contributed by atoms with Crippen LogP contribution >= 0.6 is 0 Å². The quantitative estimate of drug-likeness (QED) is 0.588. The van der Waals surface area contributed by atoms with Gasteiger partial charge in [0.05, 0.1) is 0 Å². The third-order valence-electron chi connectivity index (χ3n) is 0.759. The number of hydrogen-bond acceptors (Lipinski definition) is 3. The van der Waals surface area contributed by atoms with Gasteiger partial charge in [-0.15, -0.1) is 0 Å². The van der Waals surface area contributed by atoms with Crippen molar-refractivity contribution in [2.45, 2.75) is 12.8 Å². The first-order chi connectivity index (χ1) is 3.81. The van der Waals surface area contributed by atoms with Crippen molar-refractivity contribution in [2.75, 3.05) is 0 Å². The van der Waals surface area contributed by atoms with E-state index >= 15 is 0 Å². The molecule has 5 heteroatoms. The minimum atomic E-state index is -1.07. The topological polar surface area (TPSA) is 61.3 Å². The molecule has 0 spiro atoms. The summed E-state index contributed by atoms with van der Waals surface area (Å²) in [6.45, 7) is 0. The predicted octanol–water partition coefficient (Wildman–Crippen LogP) is 1.29. The summed E-state index contributed by atoms with van der Waals surface area (Å²) in [5.74, 6) is 0.110. The van der Waals surface area contributed by atoms with E-state index in [2.05, 4.69) is 8.86 Å². The van der Waals surface area contributed by atoms with Crippen LogP contribution in [0.3, 0.4) is 0 Å². The van der Waals surface area contributed by atoms with Crippen molar-refractivity contribution in [1.29, 1.82) is 0 Å². The van der Waals surface area contributed by atoms with E-state index in [1.54, 1.807) is 0 Å². The summed E-state index contributed by atoms with van der Waals surface area (Å²) < 4.78 is 10.0. The number of carbonyl (C=O) groups excluding carboxylic acids is 1. The monoisotopic (exact) mass is 509 g/mol. The molecule has 0 amide bonds. The molecule has 0 aliphatic heterocycles. The van der Waals surface area contributed by atoms with Crippen LogP contribution < -0.4 is 6.15 Å². The zero-order valence-corrected chi connectivity index (χ0v) is 17.1. The van der Waals surface area contributed by atoms with Crippen molar-refractivity contribution < 1.29 is 57.0 Å². The molecule has 0 radical (unpaired) electrons. The Balaban J connectivity index is 0. The molecule has 0 saturated heterocycles. The van der Waals surface area contributed by atoms with E-state index in [1.165, 1.54) is 0 Å². The molecule has 0 unspecified atom stereocenters. The zero-order chi connectivity index (χ0) is 6.41. The first kappa shape index (κ1) is 12.9. The van der Waals surface area contributed by atoms with E-state index in [0.717, 1.165) is 3.93 Å². The maximum atomic E-state index is 10.5. The van der Waals surface area contributed by atoms with Crippen molar-refractivity contribution in [3.05, 3.63) is 0 Å². The normalized spacial score (nSPS) is 6.00. The fourth-order valence-electron chi connectivity index (χ4n) is 0.437. The van der Waals surface area contributed by atoms with Crippen molar-refractivity contribution >= 4 is 5.97 Å². The standard InChI is InChI=1S/C2H3O2.2CH3.2Hg.H3N/c1-2(3)4;;;;;/h1H2,(H,3,4);2*1H3;;;1H3/q;;;;+1;/p-1. The SMILES string of the molecule is N.[CH3][Hg][CH2]C(=O)[O][Hg][CH3]. The van der Waals surface area contributed by atoms with Crippen LogP contribution in [0.5, 0.6) is 0 Å². The molecular formula is C4H11Hg2NO2. The number of rotatable bonds is 3. The number of hydrogen-bond donors (Lipinski definition) is 1. The van der Waals surface area contributed by atoms with Gasteiger partial charge in [-0.1, -0.05) is 0 Å². The van der Waals surface area contributed by atoms with E-state index in [9.17, 15) is 4.79 Å². The predicted molar refractivity (Wildman–Crippen MR) is 27.6 cm³/mol. The Morgan fingerprint density at radius 1 is 1.56 bits per heavy atom. The Morgan fingerprint density at radius 3 is 2.44 bits per heavy atom. The van der Waals surface area contributed by atoms with Crippen LogP contribution in [0.15, 0.2) is 0 Å². The fraction of sp³-hybridized carbons (Fsp3) is 0.750. The van der Waals surface area contributed by atoms with E-state index in [0.29, 0.717) is 0 Å². The van der Waals surface area contributed by atoms with Gasteiger partial charge in [-0.3, -0.25) is 0 Å². The maximum absolute atomic E-state index is 10.5. The molecule has 0 aliphatic carbocycles. The first-order valence-corrected chi connectivity index (χ1v) is 20.1. The molecule has 0 heterocycles. The van der Waals surface area contributed by atoms with Crippen LogP contribution in [0.4, 0.5) is 0 Å². The van der Waals surface area contributed by atoms with Gasteiger partial charge in [0.1, 0.15) is 0 Å². The van der Waals surface area contributed by atoms with Crippen molar-refractivity contribution in [3.63, 3.8) is 0 Å². The molecule has 0 rings (SSSR count). The van der Waals surface area contributed by atoms with Crippen LogP contribution in [0.2, 0.25) is 12.8 Å². The molecule has 0 aromatic carbocycles. The van der Waals surface area contributed by atoms with Crippen LogP contribution in [-0.4, -0.2) is 5.97 Å². The first-order valence-electron chi connectivity index (χ1n) is 2.96. The zero-order valence-electron chi connectivity index (χ0n) is 6.14. The Morgan fingerprint density at radius 2 is 2.11 bits per heavy atom. The Bertz CT molecular complexity index is 71.0. The molecule has 0 bridgehead atoms. The van der Waals surface area contributed by atoms with Gasteiger partial charge >= 0.3 is 75.8 Å². The molecule has 0 aromatic rings. The van der Waals surface area contributed by atoms with Crippen molar-refractivity contribution in [2.24, 2.45) is 0 Å². The molecule has 0 atom stereocenters. The summed E-state index contributed by atoms with van der Waals surface area (Å²) in [6.07, 6.45) is 0.